The molecule has 0 atom stereocenters. The summed E-state index contributed by atoms with van der Waals surface area (Å²) in [5, 5.41) is 11.8. The van der Waals surface area contributed by atoms with Crippen molar-refractivity contribution in [3.05, 3.63) is 29.8 Å². The molecule has 112 valence electrons. The van der Waals surface area contributed by atoms with Gasteiger partial charge in [0, 0.05) is 13.6 Å². The monoisotopic (exact) mass is 285 g/mol. The van der Waals surface area contributed by atoms with E-state index in [1.165, 1.54) is 32.1 Å². The molecule has 0 spiro atoms. The molecular weight excluding hydrogens is 262 g/mol. The highest BCUT2D eigenvalue weighted by Gasteiger charge is 2.16. The molecule has 0 saturated heterocycles. The van der Waals surface area contributed by atoms with Gasteiger partial charge in [0.15, 0.2) is 0 Å². The van der Waals surface area contributed by atoms with Gasteiger partial charge < -0.3 is 10.2 Å². The highest BCUT2D eigenvalue weighted by Crippen LogP contribution is 2.26. The van der Waals surface area contributed by atoms with E-state index >= 15 is 0 Å². The second kappa shape index (κ2) is 7.68. The molecule has 1 aromatic carbocycles. The summed E-state index contributed by atoms with van der Waals surface area (Å²) >= 11 is 0. The van der Waals surface area contributed by atoms with E-state index in [0.717, 1.165) is 18.9 Å². The summed E-state index contributed by atoms with van der Waals surface area (Å²) in [7, 11) is 1.81. The van der Waals surface area contributed by atoms with E-state index in [0.29, 0.717) is 11.3 Å². The molecule has 0 aromatic heterocycles. The van der Waals surface area contributed by atoms with E-state index in [4.69, 9.17) is 5.26 Å². The minimum atomic E-state index is -0.145. The summed E-state index contributed by atoms with van der Waals surface area (Å²) < 4.78 is 0. The van der Waals surface area contributed by atoms with Crippen LogP contribution in [0.5, 0.6) is 0 Å². The average molecular weight is 285 g/mol. The second-order valence-electron chi connectivity index (χ2n) is 5.80. The third kappa shape index (κ3) is 4.49. The zero-order chi connectivity index (χ0) is 15.1. The molecule has 2 amide bonds. The third-order valence-electron chi connectivity index (χ3n) is 4.23. The lowest BCUT2D eigenvalue weighted by Crippen LogP contribution is -2.33. The molecule has 0 radical (unpaired) electrons. The van der Waals surface area contributed by atoms with Gasteiger partial charge in [-0.15, -0.1) is 0 Å². The van der Waals surface area contributed by atoms with Crippen LogP contribution < -0.4 is 5.32 Å². The van der Waals surface area contributed by atoms with Gasteiger partial charge in [-0.2, -0.15) is 5.26 Å². The van der Waals surface area contributed by atoms with Crippen LogP contribution in [0, 0.1) is 17.2 Å². The van der Waals surface area contributed by atoms with Crippen molar-refractivity contribution in [2.45, 2.75) is 38.5 Å². The van der Waals surface area contributed by atoms with Crippen molar-refractivity contribution in [2.75, 3.05) is 18.9 Å². The minimum Gasteiger partial charge on any atom is -0.328 e. The van der Waals surface area contributed by atoms with Gasteiger partial charge in [0.2, 0.25) is 0 Å². The number of hydrogen-bond acceptors (Lipinski definition) is 2. The van der Waals surface area contributed by atoms with Gasteiger partial charge in [0.1, 0.15) is 6.07 Å². The van der Waals surface area contributed by atoms with Crippen LogP contribution in [0.25, 0.3) is 0 Å². The molecule has 1 aromatic rings. The molecule has 0 aliphatic heterocycles. The number of para-hydroxylation sites is 1. The first-order valence-corrected chi connectivity index (χ1v) is 7.72. The Labute approximate surface area is 126 Å². The fourth-order valence-electron chi connectivity index (χ4n) is 2.85. The standard InChI is InChI=1S/C17H23N3O/c1-20(12-11-14-7-3-2-4-8-14)17(21)19-16-10-6-5-9-15(16)13-18/h5-6,9-10,14H,2-4,7-8,11-12H2,1H3,(H,19,21). The minimum absolute atomic E-state index is 0.145. The summed E-state index contributed by atoms with van der Waals surface area (Å²) in [5.74, 6) is 0.764. The van der Waals surface area contributed by atoms with Gasteiger partial charge >= 0.3 is 6.03 Å². The summed E-state index contributed by atoms with van der Waals surface area (Å²) in [6, 6.07) is 9.02. The summed E-state index contributed by atoms with van der Waals surface area (Å²) in [6.07, 6.45) is 7.69. The first-order valence-electron chi connectivity index (χ1n) is 7.72. The zero-order valence-corrected chi connectivity index (χ0v) is 12.6. The number of anilines is 1. The highest BCUT2D eigenvalue weighted by atomic mass is 16.2. The van der Waals surface area contributed by atoms with Gasteiger partial charge in [-0.05, 0) is 24.5 Å². The van der Waals surface area contributed by atoms with Gasteiger partial charge in [0.05, 0.1) is 11.3 Å². The molecule has 21 heavy (non-hydrogen) atoms. The van der Waals surface area contributed by atoms with Crippen LogP contribution in [-0.2, 0) is 0 Å². The van der Waals surface area contributed by atoms with Crippen LogP contribution in [0.4, 0.5) is 10.5 Å². The van der Waals surface area contributed by atoms with E-state index < -0.39 is 0 Å². The molecule has 2 rings (SSSR count). The Hall–Kier alpha value is -2.02. The lowest BCUT2D eigenvalue weighted by molar-refractivity contribution is 0.215. The van der Waals surface area contributed by atoms with Gasteiger partial charge in [-0.3, -0.25) is 0 Å². The molecule has 0 heterocycles. The molecule has 1 saturated carbocycles. The fourth-order valence-corrected chi connectivity index (χ4v) is 2.85. The second-order valence-corrected chi connectivity index (χ2v) is 5.80. The van der Waals surface area contributed by atoms with E-state index in [-0.39, 0.29) is 6.03 Å². The average Bonchev–Trinajstić information content (AvgIpc) is 2.54. The van der Waals surface area contributed by atoms with E-state index in [1.54, 1.807) is 23.1 Å². The van der Waals surface area contributed by atoms with Crippen LogP contribution in [0.15, 0.2) is 24.3 Å². The van der Waals surface area contributed by atoms with Crippen molar-refractivity contribution < 1.29 is 4.79 Å². The smallest absolute Gasteiger partial charge is 0.321 e. The maximum atomic E-state index is 12.2. The molecular formula is C17H23N3O. The predicted octanol–water partition coefficient (Wildman–Crippen LogP) is 3.99. The number of nitriles is 1. The Morgan fingerprint density at radius 3 is 2.76 bits per heavy atom. The number of urea groups is 1. The lowest BCUT2D eigenvalue weighted by atomic mass is 9.87. The van der Waals surface area contributed by atoms with Crippen molar-refractivity contribution in [3.8, 4) is 6.07 Å². The summed E-state index contributed by atoms with van der Waals surface area (Å²) in [5.41, 5.74) is 1.07. The van der Waals surface area contributed by atoms with Crippen molar-refractivity contribution in [3.63, 3.8) is 0 Å². The van der Waals surface area contributed by atoms with Gasteiger partial charge in [-0.25, -0.2) is 4.79 Å². The topological polar surface area (TPSA) is 56.1 Å². The van der Waals surface area contributed by atoms with Crippen molar-refractivity contribution >= 4 is 11.7 Å². The summed E-state index contributed by atoms with van der Waals surface area (Å²) in [4.78, 5) is 13.9. The fraction of sp³-hybridized carbons (Fsp3) is 0.529. The number of carbonyl (C=O) groups is 1. The van der Waals surface area contributed by atoms with Crippen LogP contribution >= 0.6 is 0 Å². The van der Waals surface area contributed by atoms with Gasteiger partial charge in [-0.1, -0.05) is 44.2 Å². The molecule has 1 aliphatic carbocycles. The number of nitrogens with zero attached hydrogens (tertiary/aromatic N) is 2. The SMILES string of the molecule is CN(CCC1CCCCC1)C(=O)Nc1ccccc1C#N. The Bertz CT molecular complexity index is 515. The first-order chi connectivity index (χ1) is 10.2. The van der Waals surface area contributed by atoms with E-state index in [2.05, 4.69) is 11.4 Å². The number of benzene rings is 1. The Balaban J connectivity index is 1.83. The van der Waals surface area contributed by atoms with Crippen LogP contribution in [0.1, 0.15) is 44.1 Å². The Morgan fingerprint density at radius 1 is 1.33 bits per heavy atom. The normalized spacial score (nSPS) is 15.2. The van der Waals surface area contributed by atoms with Crippen LogP contribution in [0.2, 0.25) is 0 Å². The maximum absolute atomic E-state index is 12.2. The van der Waals surface area contributed by atoms with Crippen LogP contribution in [0.3, 0.4) is 0 Å². The van der Waals surface area contributed by atoms with Crippen LogP contribution in [-0.4, -0.2) is 24.5 Å². The van der Waals surface area contributed by atoms with E-state index in [1.807, 2.05) is 13.1 Å². The largest absolute Gasteiger partial charge is 0.328 e. The van der Waals surface area contributed by atoms with Gasteiger partial charge in [0.25, 0.3) is 0 Å². The third-order valence-corrected chi connectivity index (χ3v) is 4.23. The Kier molecular flexibility index (Phi) is 5.62. The molecule has 4 nitrogen and oxygen atoms in total. The maximum Gasteiger partial charge on any atom is 0.321 e. The zero-order valence-electron chi connectivity index (χ0n) is 12.6. The van der Waals surface area contributed by atoms with E-state index in [9.17, 15) is 4.79 Å². The number of hydrogen-bond donors (Lipinski definition) is 1. The summed E-state index contributed by atoms with van der Waals surface area (Å²) in [6.45, 7) is 0.769. The molecule has 1 N–H and O–H groups in total. The number of nitrogens with one attached hydrogen (secondary N) is 1. The molecule has 0 unspecified atom stereocenters. The predicted molar refractivity (Wildman–Crippen MR) is 84.0 cm³/mol. The van der Waals surface area contributed by atoms with Crippen molar-refractivity contribution in [1.29, 1.82) is 5.26 Å². The van der Waals surface area contributed by atoms with Crippen molar-refractivity contribution in [2.24, 2.45) is 5.92 Å². The number of amides is 2. The quantitative estimate of drug-likeness (QED) is 0.909. The molecule has 1 aliphatic rings. The van der Waals surface area contributed by atoms with Crippen molar-refractivity contribution in [1.82, 2.24) is 4.90 Å². The lowest BCUT2D eigenvalue weighted by Gasteiger charge is -2.25. The first kappa shape index (κ1) is 15.4. The Morgan fingerprint density at radius 2 is 2.05 bits per heavy atom. The molecule has 4 heteroatoms. The highest BCUT2D eigenvalue weighted by molar-refractivity contribution is 5.90. The number of rotatable bonds is 4. The molecule has 0 bridgehead atoms. The number of carbonyl (C=O) groups excluding carboxylic acids is 1. The molecule has 1 fully saturated rings.